The summed E-state index contributed by atoms with van der Waals surface area (Å²) in [5, 5.41) is 6.70. The maximum absolute atomic E-state index is 13.8. The third-order valence-electron chi connectivity index (χ3n) is 9.12. The smallest absolute Gasteiger partial charge is 0.271 e. The van der Waals surface area contributed by atoms with Crippen LogP contribution in [0.5, 0.6) is 0 Å². The van der Waals surface area contributed by atoms with Crippen molar-refractivity contribution in [2.24, 2.45) is 0 Å². The summed E-state index contributed by atoms with van der Waals surface area (Å²) in [6, 6.07) is 10.0. The van der Waals surface area contributed by atoms with E-state index in [-0.39, 0.29) is 34.3 Å². The number of aryl methyl sites for hydroxylation is 1. The number of halogens is 1. The molecule has 0 unspecified atom stereocenters. The minimum absolute atomic E-state index is 0.159. The molecule has 10 nitrogen and oxygen atoms in total. The van der Waals surface area contributed by atoms with Crippen molar-refractivity contribution in [2.45, 2.75) is 37.3 Å². The van der Waals surface area contributed by atoms with E-state index in [2.05, 4.69) is 25.5 Å². The van der Waals surface area contributed by atoms with Crippen molar-refractivity contribution >= 4 is 23.0 Å². The Morgan fingerprint density at radius 2 is 1.73 bits per heavy atom. The Morgan fingerprint density at radius 1 is 1.00 bits per heavy atom. The van der Waals surface area contributed by atoms with E-state index < -0.39 is 0 Å². The first-order chi connectivity index (χ1) is 19.8. The molecule has 3 saturated carbocycles. The van der Waals surface area contributed by atoms with E-state index in [4.69, 9.17) is 10.7 Å². The summed E-state index contributed by atoms with van der Waals surface area (Å²) in [7, 11) is 0. The summed E-state index contributed by atoms with van der Waals surface area (Å²) in [6.07, 6.45) is 8.46. The number of rotatable bonds is 5. The van der Waals surface area contributed by atoms with Crippen molar-refractivity contribution < 1.29 is 9.18 Å². The van der Waals surface area contributed by atoms with Gasteiger partial charge in [-0.05, 0) is 62.6 Å². The minimum Gasteiger partial charge on any atom is -0.381 e. The maximum Gasteiger partial charge on any atom is 0.271 e. The Bertz CT molecular complexity index is 1830. The molecule has 1 saturated heterocycles. The van der Waals surface area contributed by atoms with E-state index >= 15 is 0 Å². The number of nitrogens with zero attached hydrogens (tertiary/aromatic N) is 6. The molecule has 0 spiro atoms. The van der Waals surface area contributed by atoms with Crippen LogP contribution in [0.4, 0.5) is 10.2 Å². The SMILES string of the molecule is Cc1cnc2ccc(-c3c(-c4ccc(F)cc4)nc(N)c4nc(C(=O)NC56CC(N7CCNCC7)(C5)C6)cn34)cn12. The van der Waals surface area contributed by atoms with Crippen LogP contribution in [-0.2, 0) is 0 Å². The molecule has 4 aromatic heterocycles. The average molecular weight is 552 g/mol. The third kappa shape index (κ3) is 3.69. The molecule has 1 aliphatic heterocycles. The minimum atomic E-state index is -0.339. The van der Waals surface area contributed by atoms with Crippen LogP contribution in [0.1, 0.15) is 35.4 Å². The molecular weight excluding hydrogens is 521 g/mol. The Labute approximate surface area is 235 Å². The Balaban J connectivity index is 1.18. The molecule has 208 valence electrons. The Hall–Kier alpha value is -4.35. The van der Waals surface area contributed by atoms with Crippen LogP contribution in [-0.4, -0.2) is 71.8 Å². The number of aromatic nitrogens is 5. The number of nitrogens with one attached hydrogen (secondary N) is 2. The normalized spacial score (nSPS) is 23.9. The number of imidazole rings is 2. The highest BCUT2D eigenvalue weighted by molar-refractivity contribution is 5.95. The van der Waals surface area contributed by atoms with Crippen LogP contribution in [0.15, 0.2) is 55.0 Å². The zero-order valence-corrected chi connectivity index (χ0v) is 22.7. The lowest BCUT2D eigenvalue weighted by molar-refractivity contribution is -0.176. The quantitative estimate of drug-likeness (QED) is 0.307. The number of carbonyl (C=O) groups excluding carboxylic acids is 1. The van der Waals surface area contributed by atoms with Gasteiger partial charge in [0, 0.05) is 72.7 Å². The van der Waals surface area contributed by atoms with Gasteiger partial charge >= 0.3 is 0 Å². The highest BCUT2D eigenvalue weighted by atomic mass is 19.1. The average Bonchev–Trinajstić information content (AvgIpc) is 3.55. The molecule has 5 aromatic rings. The molecule has 1 amide bonds. The van der Waals surface area contributed by atoms with Crippen molar-refractivity contribution in [3.8, 4) is 22.5 Å². The largest absolute Gasteiger partial charge is 0.381 e. The van der Waals surface area contributed by atoms with Gasteiger partial charge in [-0.3, -0.25) is 14.1 Å². The summed E-state index contributed by atoms with van der Waals surface area (Å²) in [5.41, 5.74) is 11.8. The van der Waals surface area contributed by atoms with Gasteiger partial charge in [-0.15, -0.1) is 0 Å². The van der Waals surface area contributed by atoms with Crippen LogP contribution in [0.25, 0.3) is 33.8 Å². The fourth-order valence-corrected chi connectivity index (χ4v) is 7.15. The zero-order valence-electron chi connectivity index (χ0n) is 22.7. The molecule has 4 aliphatic rings. The third-order valence-corrected chi connectivity index (χ3v) is 9.12. The maximum atomic E-state index is 13.8. The number of pyridine rings is 1. The molecule has 11 heteroatoms. The summed E-state index contributed by atoms with van der Waals surface area (Å²) in [4.78, 5) is 29.9. The van der Waals surface area contributed by atoms with Crippen LogP contribution >= 0.6 is 0 Å². The number of nitrogens with two attached hydrogens (primary N) is 1. The van der Waals surface area contributed by atoms with Gasteiger partial charge in [-0.2, -0.15) is 0 Å². The van der Waals surface area contributed by atoms with Crippen LogP contribution in [0, 0.1) is 12.7 Å². The van der Waals surface area contributed by atoms with Gasteiger partial charge in [0.1, 0.15) is 17.2 Å². The summed E-state index contributed by atoms with van der Waals surface area (Å²) in [6.45, 7) is 6.15. The van der Waals surface area contributed by atoms with Gasteiger partial charge in [-0.1, -0.05) is 0 Å². The molecule has 4 N–H and O–H groups in total. The fraction of sp³-hybridized carbons (Fsp3) is 0.333. The second-order valence-electron chi connectivity index (χ2n) is 11.8. The number of hydrogen-bond acceptors (Lipinski definition) is 7. The molecule has 0 atom stereocenters. The highest BCUT2D eigenvalue weighted by Crippen LogP contribution is 2.63. The standard InChI is InChI=1S/C30H30FN9O/c1-18-12-34-23-7-4-20(13-39(18)23)25-24(19-2-5-21(31)6-3-19)36-26(32)27-35-22(14-40(25)27)28(41)37-29-15-30(16-29,17-29)38-10-8-33-9-11-38/h2-7,12-14,33H,8-11,15-17H2,1H3,(H2,32,36)(H,37,41). The molecule has 5 heterocycles. The summed E-state index contributed by atoms with van der Waals surface area (Å²) < 4.78 is 17.6. The molecular formula is C30H30FN9O. The summed E-state index contributed by atoms with van der Waals surface area (Å²) in [5.74, 6) is -0.360. The van der Waals surface area contributed by atoms with Gasteiger partial charge in [0.15, 0.2) is 11.5 Å². The molecule has 9 rings (SSSR count). The van der Waals surface area contributed by atoms with Crippen LogP contribution < -0.4 is 16.4 Å². The lowest BCUT2D eigenvalue weighted by Crippen LogP contribution is -2.84. The number of hydrogen-bond donors (Lipinski definition) is 3. The second-order valence-corrected chi connectivity index (χ2v) is 11.8. The number of piperazine rings is 1. The van der Waals surface area contributed by atoms with Crippen molar-refractivity contribution in [1.82, 2.24) is 39.3 Å². The molecule has 3 aliphatic carbocycles. The van der Waals surface area contributed by atoms with Gasteiger partial charge in [-0.25, -0.2) is 19.3 Å². The van der Waals surface area contributed by atoms with Gasteiger partial charge < -0.3 is 20.8 Å². The van der Waals surface area contributed by atoms with Crippen LogP contribution in [0.2, 0.25) is 0 Å². The van der Waals surface area contributed by atoms with E-state index in [9.17, 15) is 9.18 Å². The Morgan fingerprint density at radius 3 is 2.49 bits per heavy atom. The lowest BCUT2D eigenvalue weighted by Gasteiger charge is -2.74. The monoisotopic (exact) mass is 551 g/mol. The highest BCUT2D eigenvalue weighted by Gasteiger charge is 2.70. The molecule has 1 aromatic carbocycles. The van der Waals surface area contributed by atoms with E-state index in [1.807, 2.05) is 40.3 Å². The number of anilines is 1. The fourth-order valence-electron chi connectivity index (χ4n) is 7.15. The Kier molecular flexibility index (Phi) is 5.11. The first kappa shape index (κ1) is 24.4. The van der Waals surface area contributed by atoms with Crippen LogP contribution in [0.3, 0.4) is 0 Å². The van der Waals surface area contributed by atoms with E-state index in [0.29, 0.717) is 22.6 Å². The first-order valence-electron chi connectivity index (χ1n) is 14.0. The second kappa shape index (κ2) is 8.58. The number of amides is 1. The summed E-state index contributed by atoms with van der Waals surface area (Å²) >= 11 is 0. The lowest BCUT2D eigenvalue weighted by atomic mass is 9.43. The van der Waals surface area contributed by atoms with Gasteiger partial charge in [0.2, 0.25) is 0 Å². The predicted octanol–water partition coefficient (Wildman–Crippen LogP) is 3.05. The molecule has 41 heavy (non-hydrogen) atoms. The predicted molar refractivity (Wildman–Crippen MR) is 153 cm³/mol. The number of fused-ring (bicyclic) bond motifs is 2. The van der Waals surface area contributed by atoms with E-state index in [1.54, 1.807) is 18.3 Å². The van der Waals surface area contributed by atoms with Crippen molar-refractivity contribution in [3.63, 3.8) is 0 Å². The molecule has 4 fully saturated rings. The van der Waals surface area contributed by atoms with E-state index in [0.717, 1.165) is 62.3 Å². The number of nitrogen functional groups attached to an aromatic ring is 1. The molecule has 0 radical (unpaired) electrons. The number of benzene rings is 1. The van der Waals surface area contributed by atoms with Gasteiger partial charge in [0.25, 0.3) is 5.91 Å². The number of carbonyl (C=O) groups is 1. The van der Waals surface area contributed by atoms with Gasteiger partial charge in [0.05, 0.1) is 11.4 Å². The van der Waals surface area contributed by atoms with Crippen molar-refractivity contribution in [1.29, 1.82) is 0 Å². The molecule has 2 bridgehead atoms. The zero-order chi connectivity index (χ0) is 27.9. The first-order valence-corrected chi connectivity index (χ1v) is 14.0. The van der Waals surface area contributed by atoms with E-state index in [1.165, 1.54) is 12.1 Å². The van der Waals surface area contributed by atoms with Crippen molar-refractivity contribution in [2.75, 3.05) is 31.9 Å². The van der Waals surface area contributed by atoms with Crippen molar-refractivity contribution in [3.05, 3.63) is 72.2 Å². The topological polar surface area (TPSA) is 118 Å².